The number of nitrogens with one attached hydrogen (secondary N) is 1. The number of amides is 3. The molecule has 0 radical (unpaired) electrons. The highest BCUT2D eigenvalue weighted by molar-refractivity contribution is 6.04. The van der Waals surface area contributed by atoms with Crippen LogP contribution in [-0.2, 0) is 27.2 Å². The lowest BCUT2D eigenvalue weighted by atomic mass is 10.0. The molecule has 0 bridgehead atoms. The number of piperazine rings is 1. The van der Waals surface area contributed by atoms with Gasteiger partial charge in [-0.2, -0.15) is 0 Å². The fourth-order valence-electron chi connectivity index (χ4n) is 2.36. The molecule has 1 aliphatic rings. The smallest absolute Gasteiger partial charge is 0.249 e. The minimum absolute atomic E-state index is 0.0412. The van der Waals surface area contributed by atoms with E-state index in [4.69, 9.17) is 0 Å². The van der Waals surface area contributed by atoms with Crippen molar-refractivity contribution in [3.05, 3.63) is 35.4 Å². The number of imide groups is 1. The van der Waals surface area contributed by atoms with Crippen molar-refractivity contribution in [1.29, 1.82) is 0 Å². The summed E-state index contributed by atoms with van der Waals surface area (Å²) in [4.78, 5) is 36.4. The molecule has 112 valence electrons. The lowest BCUT2D eigenvalue weighted by molar-refractivity contribution is -0.149. The maximum atomic E-state index is 12.2. The molecule has 1 aromatic rings. The maximum Gasteiger partial charge on any atom is 0.249 e. The lowest BCUT2D eigenvalue weighted by Gasteiger charge is -2.31. The van der Waals surface area contributed by atoms with Crippen molar-refractivity contribution >= 4 is 17.7 Å². The maximum absolute atomic E-state index is 12.2. The van der Waals surface area contributed by atoms with Crippen LogP contribution in [0.15, 0.2) is 24.3 Å². The Balaban J connectivity index is 1.94. The Kier molecular flexibility index (Phi) is 4.73. The molecule has 1 atom stereocenters. The molecule has 1 aliphatic heterocycles. The first-order valence-electron chi connectivity index (χ1n) is 7.22. The Morgan fingerprint density at radius 2 is 1.86 bits per heavy atom. The van der Waals surface area contributed by atoms with Gasteiger partial charge >= 0.3 is 0 Å². The third-order valence-corrected chi connectivity index (χ3v) is 3.80. The van der Waals surface area contributed by atoms with Crippen LogP contribution < -0.4 is 5.32 Å². The average Bonchev–Trinajstić information content (AvgIpc) is 2.49. The summed E-state index contributed by atoms with van der Waals surface area (Å²) in [5.41, 5.74) is 2.35. The number of benzene rings is 1. The van der Waals surface area contributed by atoms with Gasteiger partial charge in [0.05, 0.1) is 0 Å². The highest BCUT2D eigenvalue weighted by Crippen LogP contribution is 2.11. The molecule has 5 heteroatoms. The van der Waals surface area contributed by atoms with Crippen LogP contribution in [0.25, 0.3) is 0 Å². The molecule has 0 saturated carbocycles. The summed E-state index contributed by atoms with van der Waals surface area (Å²) in [5, 5.41) is 2.23. The van der Waals surface area contributed by atoms with E-state index in [0.29, 0.717) is 12.8 Å². The molecule has 21 heavy (non-hydrogen) atoms. The van der Waals surface area contributed by atoms with E-state index in [1.165, 1.54) is 10.5 Å². The van der Waals surface area contributed by atoms with Gasteiger partial charge in [-0.25, -0.2) is 0 Å². The van der Waals surface area contributed by atoms with Gasteiger partial charge < -0.3 is 4.90 Å². The van der Waals surface area contributed by atoms with Crippen molar-refractivity contribution in [2.75, 3.05) is 6.54 Å². The Hall–Kier alpha value is -2.17. The molecule has 1 aromatic carbocycles. The van der Waals surface area contributed by atoms with Crippen molar-refractivity contribution in [1.82, 2.24) is 10.2 Å². The molecular weight excluding hydrogens is 268 g/mol. The molecule has 1 saturated heterocycles. The van der Waals surface area contributed by atoms with Crippen molar-refractivity contribution in [3.8, 4) is 0 Å². The number of rotatable bonds is 4. The van der Waals surface area contributed by atoms with Crippen molar-refractivity contribution in [2.45, 2.75) is 39.2 Å². The minimum Gasteiger partial charge on any atom is -0.322 e. The van der Waals surface area contributed by atoms with Crippen LogP contribution >= 0.6 is 0 Å². The van der Waals surface area contributed by atoms with Gasteiger partial charge in [-0.1, -0.05) is 31.2 Å². The third-order valence-electron chi connectivity index (χ3n) is 3.80. The van der Waals surface area contributed by atoms with E-state index in [1.807, 2.05) is 12.1 Å². The first-order chi connectivity index (χ1) is 10.0. The van der Waals surface area contributed by atoms with Gasteiger partial charge in [-0.05, 0) is 30.9 Å². The Morgan fingerprint density at radius 3 is 2.48 bits per heavy atom. The second-order valence-corrected chi connectivity index (χ2v) is 5.28. The van der Waals surface area contributed by atoms with Crippen LogP contribution in [-0.4, -0.2) is 35.2 Å². The number of carbonyl (C=O) groups excluding carboxylic acids is 3. The number of nitrogens with zero attached hydrogens (tertiary/aromatic N) is 1. The fraction of sp³-hybridized carbons (Fsp3) is 0.438. The normalized spacial score (nSPS) is 18.6. The van der Waals surface area contributed by atoms with Gasteiger partial charge in [-0.15, -0.1) is 0 Å². The van der Waals surface area contributed by atoms with Crippen LogP contribution in [0.1, 0.15) is 31.4 Å². The third kappa shape index (κ3) is 3.68. The summed E-state index contributed by atoms with van der Waals surface area (Å²) >= 11 is 0. The lowest BCUT2D eigenvalue weighted by Crippen LogP contribution is -2.58. The predicted molar refractivity (Wildman–Crippen MR) is 78.5 cm³/mol. The Bertz CT molecular complexity index is 551. The first kappa shape index (κ1) is 15.2. The van der Waals surface area contributed by atoms with E-state index >= 15 is 0 Å². The molecule has 1 unspecified atom stereocenters. The summed E-state index contributed by atoms with van der Waals surface area (Å²) in [5.74, 6) is -0.990. The second-order valence-electron chi connectivity index (χ2n) is 5.28. The average molecular weight is 288 g/mol. The number of hydrogen-bond donors (Lipinski definition) is 1. The number of aryl methyl sites for hydroxylation is 2. The molecular formula is C16H20N2O3. The zero-order valence-electron chi connectivity index (χ0n) is 12.4. The van der Waals surface area contributed by atoms with Crippen LogP contribution in [0.2, 0.25) is 0 Å². The van der Waals surface area contributed by atoms with Crippen LogP contribution in [0.5, 0.6) is 0 Å². The van der Waals surface area contributed by atoms with Gasteiger partial charge in [0, 0.05) is 6.42 Å². The van der Waals surface area contributed by atoms with Crippen molar-refractivity contribution < 1.29 is 14.4 Å². The molecule has 3 amide bonds. The van der Waals surface area contributed by atoms with Gasteiger partial charge in [0.1, 0.15) is 12.6 Å². The van der Waals surface area contributed by atoms with E-state index in [1.54, 1.807) is 6.92 Å². The zero-order valence-corrected chi connectivity index (χ0v) is 12.4. The van der Waals surface area contributed by atoms with E-state index in [-0.39, 0.29) is 12.5 Å². The monoisotopic (exact) mass is 288 g/mol. The number of hydrogen-bond acceptors (Lipinski definition) is 3. The molecule has 0 spiro atoms. The first-order valence-corrected chi connectivity index (χ1v) is 7.22. The number of carbonyl (C=O) groups is 3. The predicted octanol–water partition coefficient (Wildman–Crippen LogP) is 1.06. The summed E-state index contributed by atoms with van der Waals surface area (Å²) in [6.07, 6.45) is 1.90. The van der Waals surface area contributed by atoms with Crippen molar-refractivity contribution in [2.24, 2.45) is 0 Å². The Morgan fingerprint density at radius 1 is 1.24 bits per heavy atom. The summed E-state index contributed by atoms with van der Waals surface area (Å²) in [6.45, 7) is 3.69. The standard InChI is InChI=1S/C16H20N2O3/c1-3-12-4-6-13(7-5-12)8-9-15(20)18-10-14(19)17-16(21)11(18)2/h4-7,11H,3,8-10H2,1-2H3,(H,17,19,21). The SMILES string of the molecule is CCc1ccc(CCC(=O)N2CC(=O)NC(=O)C2C)cc1. The van der Waals surface area contributed by atoms with Gasteiger partial charge in [-0.3, -0.25) is 19.7 Å². The van der Waals surface area contributed by atoms with Crippen LogP contribution in [0, 0.1) is 0 Å². The highest BCUT2D eigenvalue weighted by atomic mass is 16.2. The molecule has 1 fully saturated rings. The van der Waals surface area contributed by atoms with E-state index < -0.39 is 17.9 Å². The Labute approximate surface area is 124 Å². The van der Waals surface area contributed by atoms with E-state index in [2.05, 4.69) is 24.4 Å². The second kappa shape index (κ2) is 6.52. The van der Waals surface area contributed by atoms with Crippen LogP contribution in [0.4, 0.5) is 0 Å². The van der Waals surface area contributed by atoms with E-state index in [9.17, 15) is 14.4 Å². The van der Waals surface area contributed by atoms with Gasteiger partial charge in [0.25, 0.3) is 0 Å². The summed E-state index contributed by atoms with van der Waals surface area (Å²) in [7, 11) is 0. The molecule has 1 N–H and O–H groups in total. The van der Waals surface area contributed by atoms with E-state index in [0.717, 1.165) is 12.0 Å². The molecule has 1 heterocycles. The topological polar surface area (TPSA) is 66.5 Å². The van der Waals surface area contributed by atoms with Crippen molar-refractivity contribution in [3.63, 3.8) is 0 Å². The minimum atomic E-state index is -0.585. The fourth-order valence-corrected chi connectivity index (χ4v) is 2.36. The zero-order chi connectivity index (χ0) is 15.4. The highest BCUT2D eigenvalue weighted by Gasteiger charge is 2.32. The molecule has 0 aromatic heterocycles. The van der Waals surface area contributed by atoms with Gasteiger partial charge in [0.2, 0.25) is 17.7 Å². The quantitative estimate of drug-likeness (QED) is 0.842. The molecule has 0 aliphatic carbocycles. The van der Waals surface area contributed by atoms with Crippen LogP contribution in [0.3, 0.4) is 0 Å². The molecule has 2 rings (SSSR count). The summed E-state index contributed by atoms with van der Waals surface area (Å²) in [6, 6.07) is 7.56. The van der Waals surface area contributed by atoms with Gasteiger partial charge in [0.15, 0.2) is 0 Å². The summed E-state index contributed by atoms with van der Waals surface area (Å²) < 4.78 is 0. The largest absolute Gasteiger partial charge is 0.322 e. The molecule has 5 nitrogen and oxygen atoms in total.